The first kappa shape index (κ1) is 26.4. The molecule has 0 amide bonds. The molecule has 0 radical (unpaired) electrons. The Bertz CT molecular complexity index is 1500. The van der Waals surface area contributed by atoms with Crippen LogP contribution in [-0.2, 0) is 25.8 Å². The number of aromatic nitrogens is 2. The van der Waals surface area contributed by atoms with Gasteiger partial charge >= 0.3 is 5.97 Å². The van der Waals surface area contributed by atoms with Gasteiger partial charge in [-0.05, 0) is 58.4 Å². The lowest BCUT2D eigenvalue weighted by atomic mass is 10.0. The zero-order valence-corrected chi connectivity index (χ0v) is 22.6. The lowest BCUT2D eigenvalue weighted by molar-refractivity contribution is -0.153. The Labute approximate surface area is 218 Å². The number of ether oxygens (including phenoxy) is 1. The summed E-state index contributed by atoms with van der Waals surface area (Å²) in [6.45, 7) is 9.34. The van der Waals surface area contributed by atoms with Crippen molar-refractivity contribution in [2.24, 2.45) is 0 Å². The Morgan fingerprint density at radius 1 is 0.919 bits per heavy atom. The topological polar surface area (TPSA) is 78.3 Å². The molecule has 1 aromatic heterocycles. The molecule has 6 nitrogen and oxygen atoms in total. The number of carbonyl (C=O) groups excluding carboxylic acids is 1. The molecule has 0 spiro atoms. The molecule has 0 bridgehead atoms. The van der Waals surface area contributed by atoms with Crippen molar-refractivity contribution in [2.75, 3.05) is 0 Å². The molecule has 0 aliphatic rings. The van der Waals surface area contributed by atoms with E-state index < -0.39 is 21.5 Å². The molecule has 7 heteroatoms. The van der Waals surface area contributed by atoms with Gasteiger partial charge in [-0.1, -0.05) is 66.7 Å². The first-order valence-corrected chi connectivity index (χ1v) is 13.7. The van der Waals surface area contributed by atoms with Crippen LogP contribution in [0.5, 0.6) is 0 Å². The number of esters is 1. The van der Waals surface area contributed by atoms with Crippen LogP contribution in [0.2, 0.25) is 0 Å². The summed E-state index contributed by atoms with van der Waals surface area (Å²) in [5, 5.41) is 4.92. The van der Waals surface area contributed by atoms with Crippen molar-refractivity contribution in [3.8, 4) is 11.3 Å². The minimum Gasteiger partial charge on any atom is -0.460 e. The Balaban J connectivity index is 1.82. The Hall–Kier alpha value is -3.71. The molecule has 192 valence electrons. The van der Waals surface area contributed by atoms with Gasteiger partial charge in [0.25, 0.3) is 0 Å². The van der Waals surface area contributed by atoms with E-state index in [0.717, 1.165) is 16.8 Å². The number of hydrogen-bond donors (Lipinski definition) is 0. The predicted molar refractivity (Wildman–Crippen MR) is 144 cm³/mol. The van der Waals surface area contributed by atoms with E-state index in [0.29, 0.717) is 11.3 Å². The molecule has 4 aromatic rings. The Morgan fingerprint density at radius 2 is 1.49 bits per heavy atom. The Kier molecular flexibility index (Phi) is 7.37. The highest BCUT2D eigenvalue weighted by molar-refractivity contribution is 7.91. The zero-order chi connectivity index (χ0) is 26.8. The van der Waals surface area contributed by atoms with Gasteiger partial charge in [0.1, 0.15) is 5.60 Å². The first-order valence-electron chi connectivity index (χ1n) is 12.2. The second-order valence-electron chi connectivity index (χ2n) is 10.0. The Morgan fingerprint density at radius 3 is 2.11 bits per heavy atom. The molecular weight excluding hydrogens is 484 g/mol. The lowest BCUT2D eigenvalue weighted by Crippen LogP contribution is -2.25. The van der Waals surface area contributed by atoms with Crippen LogP contribution >= 0.6 is 0 Å². The maximum absolute atomic E-state index is 13.6. The molecule has 0 N–H and O–H groups in total. The molecule has 37 heavy (non-hydrogen) atoms. The average molecular weight is 517 g/mol. The van der Waals surface area contributed by atoms with E-state index in [4.69, 9.17) is 9.84 Å². The number of nitrogens with zero attached hydrogens (tertiary/aromatic N) is 2. The monoisotopic (exact) mass is 516 g/mol. The molecule has 1 heterocycles. The maximum atomic E-state index is 13.6. The van der Waals surface area contributed by atoms with Crippen molar-refractivity contribution in [1.29, 1.82) is 0 Å². The number of benzene rings is 3. The molecule has 0 aliphatic carbocycles. The zero-order valence-electron chi connectivity index (χ0n) is 21.8. The molecule has 4 rings (SSSR count). The van der Waals surface area contributed by atoms with Crippen LogP contribution in [0.15, 0.2) is 94.7 Å². The van der Waals surface area contributed by atoms with Gasteiger partial charge in [-0.3, -0.25) is 9.48 Å². The average Bonchev–Trinajstić information content (AvgIpc) is 3.19. The summed E-state index contributed by atoms with van der Waals surface area (Å²) >= 11 is 0. The van der Waals surface area contributed by atoms with Crippen LogP contribution < -0.4 is 0 Å². The van der Waals surface area contributed by atoms with Crippen LogP contribution in [0.1, 0.15) is 50.6 Å². The van der Waals surface area contributed by atoms with Crippen molar-refractivity contribution in [1.82, 2.24) is 9.78 Å². The predicted octanol–water partition coefficient (Wildman–Crippen LogP) is 6.18. The van der Waals surface area contributed by atoms with Gasteiger partial charge in [0.05, 0.1) is 27.9 Å². The summed E-state index contributed by atoms with van der Waals surface area (Å²) in [6, 6.07) is 24.7. The van der Waals surface area contributed by atoms with Crippen LogP contribution in [0, 0.1) is 6.92 Å². The minimum absolute atomic E-state index is 0.0595. The molecule has 0 aliphatic heterocycles. The van der Waals surface area contributed by atoms with E-state index in [1.165, 1.54) is 0 Å². The van der Waals surface area contributed by atoms with E-state index in [1.807, 2.05) is 77.1 Å². The van der Waals surface area contributed by atoms with E-state index in [2.05, 4.69) is 0 Å². The molecular formula is C30H32N2O4S. The fourth-order valence-corrected chi connectivity index (χ4v) is 6.00. The third-order valence-electron chi connectivity index (χ3n) is 6.14. The molecule has 1 unspecified atom stereocenters. The minimum atomic E-state index is -3.75. The quantitative estimate of drug-likeness (QED) is 0.274. The summed E-state index contributed by atoms with van der Waals surface area (Å²) in [5.74, 6) is -0.341. The number of carbonyl (C=O) groups is 1. The summed E-state index contributed by atoms with van der Waals surface area (Å²) < 4.78 is 34.5. The molecule has 0 saturated carbocycles. The van der Waals surface area contributed by atoms with Crippen LogP contribution in [0.3, 0.4) is 0 Å². The second kappa shape index (κ2) is 10.3. The van der Waals surface area contributed by atoms with Crippen molar-refractivity contribution >= 4 is 15.8 Å². The number of hydrogen-bond acceptors (Lipinski definition) is 5. The highest BCUT2D eigenvalue weighted by Gasteiger charge is 2.28. The molecule has 1 atom stereocenters. The van der Waals surface area contributed by atoms with E-state index in [1.54, 1.807) is 47.1 Å². The third kappa shape index (κ3) is 5.67. The smallest absolute Gasteiger partial charge is 0.310 e. The van der Waals surface area contributed by atoms with Gasteiger partial charge < -0.3 is 4.74 Å². The molecule has 3 aromatic carbocycles. The highest BCUT2D eigenvalue weighted by Crippen LogP contribution is 2.34. The summed E-state index contributed by atoms with van der Waals surface area (Å²) in [6.07, 6.45) is 0.0595. The summed E-state index contributed by atoms with van der Waals surface area (Å²) in [5.41, 5.74) is 3.12. The van der Waals surface area contributed by atoms with Crippen molar-refractivity contribution in [3.63, 3.8) is 0 Å². The van der Waals surface area contributed by atoms with Crippen LogP contribution in [0.25, 0.3) is 11.3 Å². The van der Waals surface area contributed by atoms with Gasteiger partial charge in [0.2, 0.25) is 9.84 Å². The van der Waals surface area contributed by atoms with E-state index in [9.17, 15) is 13.2 Å². The van der Waals surface area contributed by atoms with Crippen LogP contribution in [0.4, 0.5) is 0 Å². The van der Waals surface area contributed by atoms with Crippen molar-refractivity contribution < 1.29 is 17.9 Å². The fraction of sp³-hybridized carbons (Fsp3) is 0.267. The fourth-order valence-electron chi connectivity index (χ4n) is 4.42. The molecule has 0 fully saturated rings. The lowest BCUT2D eigenvalue weighted by Gasteiger charge is -2.20. The standard InChI is InChI=1S/C30H32N2O4S/c1-21(25-18-12-13-19-27(25)37(34,35)24-16-10-7-11-17-24)32-22(2)26(20-28(33)36-30(3,4)5)29(31-32)23-14-8-6-9-15-23/h6-19,21H,20H2,1-5H3. The highest BCUT2D eigenvalue weighted by atomic mass is 32.2. The SMILES string of the molecule is Cc1c(CC(=O)OC(C)(C)C)c(-c2ccccc2)nn1C(C)c1ccccc1S(=O)(=O)c1ccccc1. The van der Waals surface area contributed by atoms with E-state index in [-0.39, 0.29) is 22.2 Å². The molecule has 0 saturated heterocycles. The van der Waals surface area contributed by atoms with Gasteiger partial charge in [-0.25, -0.2) is 8.42 Å². The van der Waals surface area contributed by atoms with Gasteiger partial charge in [0, 0.05) is 16.8 Å². The maximum Gasteiger partial charge on any atom is 0.310 e. The number of sulfone groups is 1. The largest absolute Gasteiger partial charge is 0.460 e. The van der Waals surface area contributed by atoms with Crippen molar-refractivity contribution in [2.45, 2.75) is 62.5 Å². The second-order valence-corrected chi connectivity index (χ2v) is 11.9. The van der Waals surface area contributed by atoms with Gasteiger partial charge in [0.15, 0.2) is 0 Å². The van der Waals surface area contributed by atoms with Crippen LogP contribution in [-0.4, -0.2) is 29.8 Å². The van der Waals surface area contributed by atoms with Crippen molar-refractivity contribution in [3.05, 3.63) is 102 Å². The summed E-state index contributed by atoms with van der Waals surface area (Å²) in [4.78, 5) is 13.3. The third-order valence-corrected chi connectivity index (χ3v) is 7.98. The van der Waals surface area contributed by atoms with Gasteiger partial charge in [-0.15, -0.1) is 0 Å². The first-order chi connectivity index (χ1) is 17.5. The summed E-state index contributed by atoms with van der Waals surface area (Å²) in [7, 11) is -3.75. The van der Waals surface area contributed by atoms with E-state index >= 15 is 0 Å². The number of rotatable bonds is 7. The normalized spacial score (nSPS) is 12.8. The van der Waals surface area contributed by atoms with Gasteiger partial charge in [-0.2, -0.15) is 5.10 Å².